The number of nitrogens with two attached hydrogens (primary N) is 1. The van der Waals surface area contributed by atoms with Crippen molar-refractivity contribution in [2.45, 2.75) is 70.0 Å². The van der Waals surface area contributed by atoms with E-state index in [-0.39, 0.29) is 0 Å². The Hall–Kier alpha value is -0.0800. The van der Waals surface area contributed by atoms with Crippen LogP contribution in [0.1, 0.15) is 51.9 Å². The van der Waals surface area contributed by atoms with Gasteiger partial charge in [0.1, 0.15) is 0 Å². The van der Waals surface area contributed by atoms with Gasteiger partial charge in [0.25, 0.3) is 0 Å². The molecule has 3 unspecified atom stereocenters. The van der Waals surface area contributed by atoms with E-state index >= 15 is 0 Å². The van der Waals surface area contributed by atoms with Crippen LogP contribution in [0.15, 0.2) is 0 Å². The van der Waals surface area contributed by atoms with E-state index in [0.717, 1.165) is 5.92 Å². The Morgan fingerprint density at radius 2 is 1.71 bits per heavy atom. The van der Waals surface area contributed by atoms with Gasteiger partial charge in [0.2, 0.25) is 0 Å². The number of nitrogens with one attached hydrogen (secondary N) is 1. The van der Waals surface area contributed by atoms with Gasteiger partial charge in [0, 0.05) is 18.1 Å². The minimum Gasteiger partial charge on any atom is -0.326 e. The summed E-state index contributed by atoms with van der Waals surface area (Å²) >= 11 is 0. The maximum Gasteiger partial charge on any atom is 0.0249 e. The number of hydrogen-bond acceptors (Lipinski definition) is 2. The fourth-order valence-corrected chi connectivity index (χ4v) is 3.14. The number of rotatable bonds is 1. The van der Waals surface area contributed by atoms with Gasteiger partial charge in [0.05, 0.1) is 0 Å². The quantitative estimate of drug-likeness (QED) is 0.673. The van der Waals surface area contributed by atoms with Gasteiger partial charge in [-0.2, -0.15) is 0 Å². The van der Waals surface area contributed by atoms with Crippen molar-refractivity contribution in [3.05, 3.63) is 0 Å². The third-order valence-corrected chi connectivity index (χ3v) is 4.03. The molecule has 1 aliphatic heterocycles. The Bertz CT molecular complexity index is 175. The van der Waals surface area contributed by atoms with Crippen LogP contribution >= 0.6 is 0 Å². The lowest BCUT2D eigenvalue weighted by Gasteiger charge is -2.40. The monoisotopic (exact) mass is 196 g/mol. The lowest BCUT2D eigenvalue weighted by atomic mass is 9.78. The zero-order valence-corrected chi connectivity index (χ0v) is 9.34. The van der Waals surface area contributed by atoms with Crippen molar-refractivity contribution >= 4 is 0 Å². The lowest BCUT2D eigenvalue weighted by molar-refractivity contribution is 0.188. The molecule has 2 rings (SSSR count). The van der Waals surface area contributed by atoms with E-state index in [9.17, 15) is 0 Å². The van der Waals surface area contributed by atoms with Crippen molar-refractivity contribution in [1.29, 1.82) is 0 Å². The van der Waals surface area contributed by atoms with E-state index in [4.69, 9.17) is 5.73 Å². The van der Waals surface area contributed by atoms with Crippen molar-refractivity contribution in [3.63, 3.8) is 0 Å². The molecule has 0 spiro atoms. The minimum atomic E-state index is 0.411. The Morgan fingerprint density at radius 3 is 2.43 bits per heavy atom. The summed E-state index contributed by atoms with van der Waals surface area (Å²) in [5.74, 6) is 0.862. The number of piperidine rings is 1. The molecule has 1 aliphatic carbocycles. The molecule has 0 aromatic rings. The molecule has 1 saturated heterocycles. The molecule has 82 valence electrons. The van der Waals surface area contributed by atoms with Gasteiger partial charge >= 0.3 is 0 Å². The Labute approximate surface area is 87.6 Å². The average molecular weight is 196 g/mol. The highest BCUT2D eigenvalue weighted by Gasteiger charge is 2.32. The van der Waals surface area contributed by atoms with Crippen LogP contribution in [0, 0.1) is 5.92 Å². The molecule has 0 aromatic carbocycles. The Balaban J connectivity index is 1.92. The first-order chi connectivity index (χ1) is 6.77. The molecule has 2 nitrogen and oxygen atoms in total. The Kier molecular flexibility index (Phi) is 3.45. The molecule has 3 atom stereocenters. The molecule has 1 saturated carbocycles. The van der Waals surface area contributed by atoms with Gasteiger partial charge in [-0.25, -0.2) is 0 Å². The van der Waals surface area contributed by atoms with Crippen LogP contribution in [-0.2, 0) is 0 Å². The first kappa shape index (κ1) is 10.4. The molecule has 0 aromatic heterocycles. The minimum absolute atomic E-state index is 0.411. The summed E-state index contributed by atoms with van der Waals surface area (Å²) in [7, 11) is 0. The van der Waals surface area contributed by atoms with Crippen LogP contribution in [0.5, 0.6) is 0 Å². The summed E-state index contributed by atoms with van der Waals surface area (Å²) in [6, 6.07) is 1.70. The topological polar surface area (TPSA) is 38.0 Å². The summed E-state index contributed by atoms with van der Waals surface area (Å²) in [5.41, 5.74) is 6.21. The first-order valence-corrected chi connectivity index (χ1v) is 6.29. The Morgan fingerprint density at radius 1 is 1.00 bits per heavy atom. The van der Waals surface area contributed by atoms with Crippen LogP contribution in [0.3, 0.4) is 0 Å². The van der Waals surface area contributed by atoms with Crippen LogP contribution in [-0.4, -0.2) is 18.1 Å². The largest absolute Gasteiger partial charge is 0.326 e. The van der Waals surface area contributed by atoms with Crippen molar-refractivity contribution in [1.82, 2.24) is 5.32 Å². The van der Waals surface area contributed by atoms with Gasteiger partial charge in [-0.3, -0.25) is 0 Å². The lowest BCUT2D eigenvalue weighted by Crippen LogP contribution is -2.56. The molecular formula is C12H24N2. The second-order valence-electron chi connectivity index (χ2n) is 5.23. The van der Waals surface area contributed by atoms with E-state index in [1.807, 2.05) is 0 Å². The maximum absolute atomic E-state index is 6.21. The highest BCUT2D eigenvalue weighted by atomic mass is 15.0. The summed E-state index contributed by atoms with van der Waals surface area (Å²) < 4.78 is 0. The van der Waals surface area contributed by atoms with Crippen LogP contribution < -0.4 is 11.1 Å². The standard InChI is InChI=1S/C12H24N2/c1-9-7-8-11(13)12(14-9)10-5-3-2-4-6-10/h9-12,14H,2-8,13H2,1H3. The van der Waals surface area contributed by atoms with E-state index < -0.39 is 0 Å². The van der Waals surface area contributed by atoms with Crippen molar-refractivity contribution in [3.8, 4) is 0 Å². The maximum atomic E-state index is 6.21. The number of hydrogen-bond donors (Lipinski definition) is 2. The highest BCUT2D eigenvalue weighted by Crippen LogP contribution is 2.30. The van der Waals surface area contributed by atoms with Crippen LogP contribution in [0.4, 0.5) is 0 Å². The van der Waals surface area contributed by atoms with Gasteiger partial charge in [-0.05, 0) is 38.5 Å². The summed E-state index contributed by atoms with van der Waals surface area (Å²) in [5, 5.41) is 3.71. The van der Waals surface area contributed by atoms with E-state index in [0.29, 0.717) is 18.1 Å². The molecule has 0 bridgehead atoms. The molecule has 2 fully saturated rings. The highest BCUT2D eigenvalue weighted by molar-refractivity contribution is 4.92. The molecular weight excluding hydrogens is 172 g/mol. The van der Waals surface area contributed by atoms with Gasteiger partial charge in [-0.1, -0.05) is 19.3 Å². The van der Waals surface area contributed by atoms with Crippen LogP contribution in [0.25, 0.3) is 0 Å². The van der Waals surface area contributed by atoms with Crippen molar-refractivity contribution in [2.75, 3.05) is 0 Å². The van der Waals surface area contributed by atoms with Crippen LogP contribution in [0.2, 0.25) is 0 Å². The molecule has 3 N–H and O–H groups in total. The zero-order chi connectivity index (χ0) is 9.97. The van der Waals surface area contributed by atoms with Crippen molar-refractivity contribution < 1.29 is 0 Å². The third kappa shape index (κ3) is 2.29. The molecule has 2 heteroatoms. The third-order valence-electron chi connectivity index (χ3n) is 4.03. The molecule has 1 heterocycles. The summed E-state index contributed by atoms with van der Waals surface area (Å²) in [6.07, 6.45) is 9.55. The predicted octanol–water partition coefficient (Wildman–Crippen LogP) is 2.03. The van der Waals surface area contributed by atoms with Gasteiger partial charge in [0.15, 0.2) is 0 Å². The van der Waals surface area contributed by atoms with Gasteiger partial charge < -0.3 is 11.1 Å². The normalized spacial score (nSPS) is 41.1. The molecule has 0 amide bonds. The second-order valence-corrected chi connectivity index (χ2v) is 5.23. The predicted molar refractivity (Wildman–Crippen MR) is 60.2 cm³/mol. The molecule has 2 aliphatic rings. The summed E-state index contributed by atoms with van der Waals surface area (Å²) in [4.78, 5) is 0. The summed E-state index contributed by atoms with van der Waals surface area (Å²) in [6.45, 7) is 2.29. The second kappa shape index (κ2) is 4.63. The first-order valence-electron chi connectivity index (χ1n) is 6.29. The average Bonchev–Trinajstić information content (AvgIpc) is 2.23. The smallest absolute Gasteiger partial charge is 0.0249 e. The zero-order valence-electron chi connectivity index (χ0n) is 9.34. The van der Waals surface area contributed by atoms with Gasteiger partial charge in [-0.15, -0.1) is 0 Å². The van der Waals surface area contributed by atoms with E-state index in [2.05, 4.69) is 12.2 Å². The fourth-order valence-electron chi connectivity index (χ4n) is 3.14. The SMILES string of the molecule is CC1CCC(N)C(C2CCCCC2)N1. The van der Waals surface area contributed by atoms with E-state index in [1.54, 1.807) is 0 Å². The van der Waals surface area contributed by atoms with Crippen molar-refractivity contribution in [2.24, 2.45) is 11.7 Å². The molecule has 14 heavy (non-hydrogen) atoms. The molecule has 0 radical (unpaired) electrons. The fraction of sp³-hybridized carbons (Fsp3) is 1.00. The van der Waals surface area contributed by atoms with E-state index in [1.165, 1.54) is 44.9 Å².